The van der Waals surface area contributed by atoms with E-state index in [2.05, 4.69) is 19.6 Å². The summed E-state index contributed by atoms with van der Waals surface area (Å²) < 4.78 is 27.2. The molecule has 3 rings (SSSR count). The Balaban J connectivity index is 1.74. The number of nitrogens with one attached hydrogen (secondary N) is 1. The van der Waals surface area contributed by atoms with Gasteiger partial charge >= 0.3 is 0 Å². The van der Waals surface area contributed by atoms with Gasteiger partial charge in [0.1, 0.15) is 0 Å². The van der Waals surface area contributed by atoms with Crippen molar-refractivity contribution in [2.24, 2.45) is 0 Å². The van der Waals surface area contributed by atoms with Crippen LogP contribution in [-0.2, 0) is 16.6 Å². The summed E-state index contributed by atoms with van der Waals surface area (Å²) in [5.74, 6) is 0.698. The Morgan fingerprint density at radius 1 is 1.08 bits per heavy atom. The topological polar surface area (TPSA) is 75.2 Å². The number of hydrogen-bond acceptors (Lipinski definition) is 5. The predicted molar refractivity (Wildman–Crippen MR) is 93.3 cm³/mol. The largest absolute Gasteiger partial charge is 0.341 e. The van der Waals surface area contributed by atoms with E-state index in [1.807, 2.05) is 13.0 Å². The van der Waals surface area contributed by atoms with Crippen molar-refractivity contribution in [1.82, 2.24) is 14.7 Å². The number of aromatic nitrogens is 2. The van der Waals surface area contributed by atoms with E-state index in [1.54, 1.807) is 30.3 Å². The van der Waals surface area contributed by atoms with E-state index in [4.69, 9.17) is 0 Å². The van der Waals surface area contributed by atoms with Crippen LogP contribution >= 0.6 is 0 Å². The zero-order valence-corrected chi connectivity index (χ0v) is 14.6. The highest BCUT2D eigenvalue weighted by Crippen LogP contribution is 2.17. The third-order valence-corrected chi connectivity index (χ3v) is 5.45. The molecule has 0 radical (unpaired) electrons. The number of piperidine rings is 1. The van der Waals surface area contributed by atoms with Gasteiger partial charge in [0, 0.05) is 18.8 Å². The third-order valence-electron chi connectivity index (χ3n) is 4.03. The zero-order chi connectivity index (χ0) is 17.0. The molecule has 1 fully saturated rings. The highest BCUT2D eigenvalue weighted by molar-refractivity contribution is 7.89. The van der Waals surface area contributed by atoms with Crippen LogP contribution in [0.25, 0.3) is 0 Å². The van der Waals surface area contributed by atoms with Crippen LogP contribution in [0, 0.1) is 6.92 Å². The fourth-order valence-electron chi connectivity index (χ4n) is 2.79. The molecule has 24 heavy (non-hydrogen) atoms. The summed E-state index contributed by atoms with van der Waals surface area (Å²) in [7, 11) is -3.53. The summed E-state index contributed by atoms with van der Waals surface area (Å²) in [6, 6.07) is 10.2. The van der Waals surface area contributed by atoms with Crippen molar-refractivity contribution in [3.05, 3.63) is 47.8 Å². The molecule has 1 aliphatic rings. The van der Waals surface area contributed by atoms with Crippen LogP contribution in [0.15, 0.2) is 41.3 Å². The summed E-state index contributed by atoms with van der Waals surface area (Å²) in [6.07, 6.45) is 3.53. The molecule has 2 aromatic rings. The first-order chi connectivity index (χ1) is 11.5. The van der Waals surface area contributed by atoms with Gasteiger partial charge in [-0.2, -0.15) is 0 Å². The number of rotatable bonds is 5. The summed E-state index contributed by atoms with van der Waals surface area (Å²) in [5.41, 5.74) is 1.53. The van der Waals surface area contributed by atoms with E-state index in [0.29, 0.717) is 11.6 Å². The number of anilines is 1. The highest BCUT2D eigenvalue weighted by Gasteiger charge is 2.16. The van der Waals surface area contributed by atoms with Gasteiger partial charge < -0.3 is 4.90 Å². The molecule has 1 aromatic carbocycles. The average molecular weight is 346 g/mol. The minimum Gasteiger partial charge on any atom is -0.341 e. The normalized spacial score (nSPS) is 15.5. The molecule has 0 unspecified atom stereocenters. The number of aryl methyl sites for hydroxylation is 1. The van der Waals surface area contributed by atoms with Gasteiger partial charge in [0.05, 0.1) is 17.1 Å². The van der Waals surface area contributed by atoms with Crippen LogP contribution in [0.1, 0.15) is 30.7 Å². The van der Waals surface area contributed by atoms with Crippen LogP contribution in [0.5, 0.6) is 0 Å². The van der Waals surface area contributed by atoms with Gasteiger partial charge in [-0.05, 0) is 44.4 Å². The number of nitrogens with zero attached hydrogens (tertiary/aromatic N) is 3. The Labute approximate surface area is 143 Å². The summed E-state index contributed by atoms with van der Waals surface area (Å²) >= 11 is 0. The quantitative estimate of drug-likeness (QED) is 0.899. The minimum absolute atomic E-state index is 0.154. The van der Waals surface area contributed by atoms with Gasteiger partial charge in [0.25, 0.3) is 0 Å². The lowest BCUT2D eigenvalue weighted by Crippen LogP contribution is -2.32. The van der Waals surface area contributed by atoms with Crippen molar-refractivity contribution >= 4 is 16.0 Å². The molecule has 6 nitrogen and oxygen atoms in total. The summed E-state index contributed by atoms with van der Waals surface area (Å²) in [4.78, 5) is 11.5. The van der Waals surface area contributed by atoms with Gasteiger partial charge in [-0.1, -0.05) is 18.2 Å². The second-order valence-corrected chi connectivity index (χ2v) is 7.75. The Kier molecular flexibility index (Phi) is 5.11. The predicted octanol–water partition coefficient (Wildman–Crippen LogP) is 2.25. The molecule has 128 valence electrons. The average Bonchev–Trinajstić information content (AvgIpc) is 2.61. The van der Waals surface area contributed by atoms with Crippen LogP contribution in [-0.4, -0.2) is 31.5 Å². The van der Waals surface area contributed by atoms with Crippen molar-refractivity contribution in [1.29, 1.82) is 0 Å². The molecule has 1 aromatic heterocycles. The lowest BCUT2D eigenvalue weighted by Gasteiger charge is -2.27. The smallest absolute Gasteiger partial charge is 0.240 e. The van der Waals surface area contributed by atoms with E-state index in [9.17, 15) is 8.42 Å². The molecular weight excluding hydrogens is 324 g/mol. The van der Waals surface area contributed by atoms with Crippen LogP contribution in [0.2, 0.25) is 0 Å². The molecule has 1 aliphatic heterocycles. The maximum atomic E-state index is 12.3. The first kappa shape index (κ1) is 16.9. The first-order valence-corrected chi connectivity index (χ1v) is 9.67. The molecule has 0 bridgehead atoms. The first-order valence-electron chi connectivity index (χ1n) is 8.19. The molecule has 0 aliphatic carbocycles. The fourth-order valence-corrected chi connectivity index (χ4v) is 3.81. The van der Waals surface area contributed by atoms with E-state index in [1.165, 1.54) is 6.42 Å². The molecule has 0 saturated carbocycles. The zero-order valence-electron chi connectivity index (χ0n) is 13.8. The summed E-state index contributed by atoms with van der Waals surface area (Å²) in [5, 5.41) is 0. The van der Waals surface area contributed by atoms with E-state index in [0.717, 1.165) is 31.6 Å². The van der Waals surface area contributed by atoms with Gasteiger partial charge in [-0.3, -0.25) is 0 Å². The number of hydrogen-bond donors (Lipinski definition) is 1. The SMILES string of the molecule is Cc1cc(CNS(=O)(=O)c2ccccc2)nc(N2CCCCC2)n1. The van der Waals surface area contributed by atoms with Crippen LogP contribution in [0.3, 0.4) is 0 Å². The highest BCUT2D eigenvalue weighted by atomic mass is 32.2. The molecule has 1 N–H and O–H groups in total. The molecule has 7 heteroatoms. The standard InChI is InChI=1S/C17H22N4O2S/c1-14-12-15(20-17(19-14)21-10-6-3-7-11-21)13-18-24(22,23)16-8-4-2-5-9-16/h2,4-5,8-9,12,18H,3,6-7,10-11,13H2,1H3. The Morgan fingerprint density at radius 2 is 1.79 bits per heavy atom. The van der Waals surface area contributed by atoms with Crippen LogP contribution < -0.4 is 9.62 Å². The van der Waals surface area contributed by atoms with Gasteiger partial charge in [0.2, 0.25) is 16.0 Å². The lowest BCUT2D eigenvalue weighted by molar-refractivity contribution is 0.565. The Hall–Kier alpha value is -1.99. The second kappa shape index (κ2) is 7.27. The third kappa shape index (κ3) is 4.10. The molecule has 0 amide bonds. The summed E-state index contributed by atoms with van der Waals surface area (Å²) in [6.45, 7) is 3.98. The monoisotopic (exact) mass is 346 g/mol. The maximum absolute atomic E-state index is 12.3. The van der Waals surface area contributed by atoms with Gasteiger partial charge in [-0.25, -0.2) is 23.1 Å². The van der Waals surface area contributed by atoms with Crippen LogP contribution in [0.4, 0.5) is 5.95 Å². The van der Waals surface area contributed by atoms with E-state index in [-0.39, 0.29) is 11.4 Å². The Morgan fingerprint density at radius 3 is 2.50 bits per heavy atom. The lowest BCUT2D eigenvalue weighted by atomic mass is 10.1. The van der Waals surface area contributed by atoms with Crippen molar-refractivity contribution in [3.63, 3.8) is 0 Å². The van der Waals surface area contributed by atoms with Gasteiger partial charge in [0.15, 0.2) is 0 Å². The van der Waals surface area contributed by atoms with E-state index < -0.39 is 10.0 Å². The van der Waals surface area contributed by atoms with Crippen molar-refractivity contribution < 1.29 is 8.42 Å². The fraction of sp³-hybridized carbons (Fsp3) is 0.412. The maximum Gasteiger partial charge on any atom is 0.240 e. The number of benzene rings is 1. The minimum atomic E-state index is -3.53. The van der Waals surface area contributed by atoms with Crippen molar-refractivity contribution in [3.8, 4) is 0 Å². The Bertz CT molecular complexity index is 787. The molecular formula is C17H22N4O2S. The molecule has 2 heterocycles. The molecule has 0 atom stereocenters. The van der Waals surface area contributed by atoms with Gasteiger partial charge in [-0.15, -0.1) is 0 Å². The van der Waals surface area contributed by atoms with Crippen molar-refractivity contribution in [2.45, 2.75) is 37.6 Å². The second-order valence-electron chi connectivity index (χ2n) is 5.99. The number of sulfonamides is 1. The van der Waals surface area contributed by atoms with E-state index >= 15 is 0 Å². The molecule has 1 saturated heterocycles. The molecule has 0 spiro atoms. The van der Waals surface area contributed by atoms with Crippen molar-refractivity contribution in [2.75, 3.05) is 18.0 Å².